The SMILES string of the molecule is CCCCC(=O)OC(CCl)CC(=O)OC. The van der Waals surface area contributed by atoms with E-state index >= 15 is 0 Å². The maximum absolute atomic E-state index is 11.2. The number of unbranched alkanes of at least 4 members (excludes halogenated alkanes) is 1. The van der Waals surface area contributed by atoms with Gasteiger partial charge in [-0.15, -0.1) is 11.6 Å². The minimum Gasteiger partial charge on any atom is -0.469 e. The Morgan fingerprint density at radius 2 is 2.00 bits per heavy atom. The van der Waals surface area contributed by atoms with Gasteiger partial charge in [0.2, 0.25) is 0 Å². The van der Waals surface area contributed by atoms with Crippen molar-refractivity contribution in [3.63, 3.8) is 0 Å². The third-order valence-corrected chi connectivity index (χ3v) is 2.17. The van der Waals surface area contributed by atoms with E-state index in [-0.39, 0.29) is 18.3 Å². The molecule has 0 aliphatic carbocycles. The molecule has 88 valence electrons. The Kier molecular flexibility index (Phi) is 8.09. The fourth-order valence-corrected chi connectivity index (χ4v) is 1.13. The summed E-state index contributed by atoms with van der Waals surface area (Å²) in [4.78, 5) is 22.1. The van der Waals surface area contributed by atoms with Crippen LogP contribution in [-0.2, 0) is 19.1 Å². The Bertz CT molecular complexity index is 206. The van der Waals surface area contributed by atoms with Gasteiger partial charge in [0.05, 0.1) is 19.4 Å². The molecule has 0 saturated heterocycles. The van der Waals surface area contributed by atoms with Crippen molar-refractivity contribution >= 4 is 23.5 Å². The molecule has 0 fully saturated rings. The zero-order valence-corrected chi connectivity index (χ0v) is 9.88. The van der Waals surface area contributed by atoms with Gasteiger partial charge < -0.3 is 9.47 Å². The second-order valence-electron chi connectivity index (χ2n) is 3.15. The van der Waals surface area contributed by atoms with Gasteiger partial charge in [0, 0.05) is 6.42 Å². The van der Waals surface area contributed by atoms with E-state index in [9.17, 15) is 9.59 Å². The van der Waals surface area contributed by atoms with Crippen molar-refractivity contribution in [2.75, 3.05) is 13.0 Å². The molecule has 0 N–H and O–H groups in total. The van der Waals surface area contributed by atoms with E-state index in [1.54, 1.807) is 0 Å². The Morgan fingerprint density at radius 1 is 1.33 bits per heavy atom. The number of carbonyl (C=O) groups excluding carboxylic acids is 2. The summed E-state index contributed by atoms with van der Waals surface area (Å²) in [5.74, 6) is -0.636. The molecule has 0 bridgehead atoms. The summed E-state index contributed by atoms with van der Waals surface area (Å²) in [5, 5.41) is 0. The maximum atomic E-state index is 11.2. The Balaban J connectivity index is 3.87. The predicted octanol–water partition coefficient (Wildman–Crippen LogP) is 1.89. The van der Waals surface area contributed by atoms with Crippen LogP contribution >= 0.6 is 11.6 Å². The fraction of sp³-hybridized carbons (Fsp3) is 0.800. The van der Waals surface area contributed by atoms with Gasteiger partial charge in [0.15, 0.2) is 0 Å². The molecule has 0 aromatic rings. The van der Waals surface area contributed by atoms with Crippen LogP contribution in [-0.4, -0.2) is 31.0 Å². The summed E-state index contributed by atoms with van der Waals surface area (Å²) < 4.78 is 9.46. The number of halogens is 1. The zero-order valence-electron chi connectivity index (χ0n) is 9.12. The van der Waals surface area contributed by atoms with Crippen molar-refractivity contribution < 1.29 is 19.1 Å². The topological polar surface area (TPSA) is 52.6 Å². The van der Waals surface area contributed by atoms with E-state index in [0.717, 1.165) is 12.8 Å². The minimum absolute atomic E-state index is 0.0118. The van der Waals surface area contributed by atoms with Gasteiger partial charge in [-0.25, -0.2) is 0 Å². The van der Waals surface area contributed by atoms with E-state index in [0.29, 0.717) is 6.42 Å². The van der Waals surface area contributed by atoms with Crippen molar-refractivity contribution in [3.05, 3.63) is 0 Å². The molecule has 0 amide bonds. The van der Waals surface area contributed by atoms with Gasteiger partial charge in [-0.3, -0.25) is 9.59 Å². The zero-order chi connectivity index (χ0) is 11.7. The number of hydrogen-bond donors (Lipinski definition) is 0. The molecule has 0 saturated carbocycles. The lowest BCUT2D eigenvalue weighted by molar-refractivity contribution is -0.152. The van der Waals surface area contributed by atoms with E-state index in [2.05, 4.69) is 4.74 Å². The molecule has 0 aliphatic heterocycles. The molecule has 0 spiro atoms. The van der Waals surface area contributed by atoms with Crippen LogP contribution in [0.25, 0.3) is 0 Å². The highest BCUT2D eigenvalue weighted by molar-refractivity contribution is 6.18. The van der Waals surface area contributed by atoms with Gasteiger partial charge in [-0.1, -0.05) is 13.3 Å². The minimum atomic E-state index is -0.580. The molecule has 5 heteroatoms. The highest BCUT2D eigenvalue weighted by Crippen LogP contribution is 2.06. The highest BCUT2D eigenvalue weighted by Gasteiger charge is 2.17. The van der Waals surface area contributed by atoms with Crippen LogP contribution in [0.4, 0.5) is 0 Å². The van der Waals surface area contributed by atoms with Crippen LogP contribution in [0.5, 0.6) is 0 Å². The lowest BCUT2D eigenvalue weighted by Gasteiger charge is -2.13. The van der Waals surface area contributed by atoms with E-state index in [4.69, 9.17) is 16.3 Å². The molecular formula is C10H17ClO4. The molecule has 0 aliphatic rings. The summed E-state index contributed by atoms with van der Waals surface area (Å²) >= 11 is 5.56. The van der Waals surface area contributed by atoms with Gasteiger partial charge >= 0.3 is 11.9 Å². The van der Waals surface area contributed by atoms with Crippen molar-refractivity contribution in [1.29, 1.82) is 0 Å². The van der Waals surface area contributed by atoms with Crippen molar-refractivity contribution in [2.45, 2.75) is 38.7 Å². The number of rotatable bonds is 7. The number of methoxy groups -OCH3 is 1. The molecule has 0 radical (unpaired) electrons. The fourth-order valence-electron chi connectivity index (χ4n) is 0.963. The maximum Gasteiger partial charge on any atom is 0.309 e. The van der Waals surface area contributed by atoms with E-state index < -0.39 is 12.1 Å². The second-order valence-corrected chi connectivity index (χ2v) is 3.46. The monoisotopic (exact) mass is 236 g/mol. The smallest absolute Gasteiger partial charge is 0.309 e. The Hall–Kier alpha value is -0.770. The average Bonchev–Trinajstić information content (AvgIpc) is 2.25. The summed E-state index contributed by atoms with van der Waals surface area (Å²) in [6.07, 6.45) is 1.51. The first-order chi connectivity index (χ1) is 7.13. The van der Waals surface area contributed by atoms with Crippen molar-refractivity contribution in [3.8, 4) is 0 Å². The van der Waals surface area contributed by atoms with E-state index in [1.165, 1.54) is 7.11 Å². The summed E-state index contributed by atoms with van der Waals surface area (Å²) in [7, 11) is 1.28. The Morgan fingerprint density at radius 3 is 2.47 bits per heavy atom. The van der Waals surface area contributed by atoms with Crippen LogP contribution < -0.4 is 0 Å². The quantitative estimate of drug-likeness (QED) is 0.500. The summed E-state index contributed by atoms with van der Waals surface area (Å²) in [6, 6.07) is 0. The first-order valence-corrected chi connectivity index (χ1v) is 5.49. The first kappa shape index (κ1) is 14.2. The van der Waals surface area contributed by atoms with E-state index in [1.807, 2.05) is 6.92 Å². The third kappa shape index (κ3) is 7.19. The molecule has 0 aromatic heterocycles. The predicted molar refractivity (Wildman–Crippen MR) is 56.8 cm³/mol. The number of alkyl halides is 1. The highest BCUT2D eigenvalue weighted by atomic mass is 35.5. The summed E-state index contributed by atoms with van der Waals surface area (Å²) in [5.41, 5.74) is 0. The number of ether oxygens (including phenoxy) is 2. The van der Waals surface area contributed by atoms with Crippen LogP contribution in [0, 0.1) is 0 Å². The third-order valence-electron chi connectivity index (χ3n) is 1.83. The molecule has 0 rings (SSSR count). The van der Waals surface area contributed by atoms with Crippen molar-refractivity contribution in [1.82, 2.24) is 0 Å². The van der Waals surface area contributed by atoms with Crippen LogP contribution in [0.1, 0.15) is 32.6 Å². The van der Waals surface area contributed by atoms with Crippen LogP contribution in [0.2, 0.25) is 0 Å². The Labute approximate surface area is 94.9 Å². The van der Waals surface area contributed by atoms with Crippen molar-refractivity contribution in [2.24, 2.45) is 0 Å². The molecule has 1 atom stereocenters. The molecule has 4 nitrogen and oxygen atoms in total. The lowest BCUT2D eigenvalue weighted by Crippen LogP contribution is -2.23. The molecule has 0 heterocycles. The molecular weight excluding hydrogens is 220 g/mol. The van der Waals surface area contributed by atoms with Crippen LogP contribution in [0.3, 0.4) is 0 Å². The van der Waals surface area contributed by atoms with Gasteiger partial charge in [0.25, 0.3) is 0 Å². The molecule has 15 heavy (non-hydrogen) atoms. The molecule has 1 unspecified atom stereocenters. The van der Waals surface area contributed by atoms with Gasteiger partial charge in [-0.2, -0.15) is 0 Å². The number of carbonyl (C=O) groups is 2. The van der Waals surface area contributed by atoms with Gasteiger partial charge in [-0.05, 0) is 6.42 Å². The first-order valence-electron chi connectivity index (χ1n) is 4.96. The average molecular weight is 237 g/mol. The number of esters is 2. The molecule has 0 aromatic carbocycles. The standard InChI is InChI=1S/C10H17ClO4/c1-3-4-5-9(12)15-8(7-11)6-10(13)14-2/h8H,3-7H2,1-2H3. The number of hydrogen-bond acceptors (Lipinski definition) is 4. The largest absolute Gasteiger partial charge is 0.469 e. The normalized spacial score (nSPS) is 11.9. The summed E-state index contributed by atoms with van der Waals surface area (Å²) in [6.45, 7) is 1.99. The van der Waals surface area contributed by atoms with Gasteiger partial charge in [0.1, 0.15) is 6.10 Å². The second kappa shape index (κ2) is 8.53. The lowest BCUT2D eigenvalue weighted by atomic mass is 10.2. The van der Waals surface area contributed by atoms with Crippen LogP contribution in [0.15, 0.2) is 0 Å².